The molecule has 0 saturated heterocycles. The van der Waals surface area contributed by atoms with E-state index in [-0.39, 0.29) is 5.91 Å². The molecule has 0 radical (unpaired) electrons. The molecular weight excluding hydrogens is 292 g/mol. The molecule has 0 atom stereocenters. The van der Waals surface area contributed by atoms with Gasteiger partial charge in [0.15, 0.2) is 0 Å². The molecule has 110 valence electrons. The van der Waals surface area contributed by atoms with E-state index in [1.807, 2.05) is 66.7 Å². The number of hydrogen-bond acceptors (Lipinski definition) is 3. The van der Waals surface area contributed by atoms with Gasteiger partial charge in [0.2, 0.25) is 0 Å². The molecule has 0 bridgehead atoms. The number of carbonyl (C=O) groups is 1. The van der Waals surface area contributed by atoms with Crippen LogP contribution in [0.2, 0.25) is 0 Å². The number of amides is 1. The first-order valence-corrected chi connectivity index (χ1v) is 7.82. The van der Waals surface area contributed by atoms with Crippen LogP contribution in [0.4, 0.5) is 5.69 Å². The maximum Gasteiger partial charge on any atom is 0.261 e. The topological polar surface area (TPSA) is 55.1 Å². The Hall–Kier alpha value is -2.59. The van der Waals surface area contributed by atoms with Crippen LogP contribution in [0.25, 0.3) is 10.4 Å². The highest BCUT2D eigenvalue weighted by Crippen LogP contribution is 2.29. The van der Waals surface area contributed by atoms with Gasteiger partial charge in [-0.2, -0.15) is 0 Å². The standard InChI is InChI=1S/C18H16N2OS/c19-15-8-4-7-14(11-15)16-9-10-17(22-16)18(21)20-12-13-5-2-1-3-6-13/h1-11H,12,19H2,(H,20,21). The van der Waals surface area contributed by atoms with E-state index >= 15 is 0 Å². The second-order valence-corrected chi connectivity index (χ2v) is 6.04. The Morgan fingerprint density at radius 3 is 2.59 bits per heavy atom. The van der Waals surface area contributed by atoms with Gasteiger partial charge in [0.05, 0.1) is 4.88 Å². The molecule has 0 unspecified atom stereocenters. The van der Waals surface area contributed by atoms with Crippen molar-refractivity contribution in [2.45, 2.75) is 6.54 Å². The van der Waals surface area contributed by atoms with E-state index < -0.39 is 0 Å². The van der Waals surface area contributed by atoms with Gasteiger partial charge in [-0.1, -0.05) is 42.5 Å². The van der Waals surface area contributed by atoms with Crippen molar-refractivity contribution in [1.82, 2.24) is 5.32 Å². The highest BCUT2D eigenvalue weighted by molar-refractivity contribution is 7.17. The number of carbonyl (C=O) groups excluding carboxylic acids is 1. The second kappa shape index (κ2) is 6.45. The van der Waals surface area contributed by atoms with Gasteiger partial charge in [0, 0.05) is 17.1 Å². The number of anilines is 1. The fourth-order valence-electron chi connectivity index (χ4n) is 2.17. The number of benzene rings is 2. The lowest BCUT2D eigenvalue weighted by atomic mass is 10.2. The Kier molecular flexibility index (Phi) is 4.21. The molecule has 0 aliphatic rings. The van der Waals surface area contributed by atoms with E-state index in [1.165, 1.54) is 11.3 Å². The second-order valence-electron chi connectivity index (χ2n) is 4.96. The lowest BCUT2D eigenvalue weighted by molar-refractivity contribution is 0.0955. The minimum Gasteiger partial charge on any atom is -0.399 e. The van der Waals surface area contributed by atoms with Crippen LogP contribution in [0.1, 0.15) is 15.2 Å². The van der Waals surface area contributed by atoms with E-state index in [0.29, 0.717) is 11.4 Å². The molecule has 3 aromatic rings. The van der Waals surface area contributed by atoms with Crippen molar-refractivity contribution in [2.75, 3.05) is 5.73 Å². The molecule has 0 fully saturated rings. The molecule has 2 aromatic carbocycles. The minimum atomic E-state index is -0.0518. The summed E-state index contributed by atoms with van der Waals surface area (Å²) < 4.78 is 0. The lowest BCUT2D eigenvalue weighted by Gasteiger charge is -2.03. The average Bonchev–Trinajstić information content (AvgIpc) is 3.04. The number of thiophene rings is 1. The van der Waals surface area contributed by atoms with Gasteiger partial charge in [-0.3, -0.25) is 4.79 Å². The normalized spacial score (nSPS) is 10.4. The maximum atomic E-state index is 12.2. The Balaban J connectivity index is 1.69. The zero-order valence-electron chi connectivity index (χ0n) is 12.0. The third-order valence-electron chi connectivity index (χ3n) is 3.30. The molecule has 0 aliphatic carbocycles. The smallest absolute Gasteiger partial charge is 0.261 e. The summed E-state index contributed by atoms with van der Waals surface area (Å²) in [6.07, 6.45) is 0. The van der Waals surface area contributed by atoms with Crippen LogP contribution in [-0.2, 0) is 6.54 Å². The summed E-state index contributed by atoms with van der Waals surface area (Å²) in [5.41, 5.74) is 8.64. The van der Waals surface area contributed by atoms with Crippen molar-refractivity contribution in [3.63, 3.8) is 0 Å². The van der Waals surface area contributed by atoms with Gasteiger partial charge >= 0.3 is 0 Å². The molecule has 3 nitrogen and oxygen atoms in total. The third-order valence-corrected chi connectivity index (χ3v) is 4.43. The third kappa shape index (κ3) is 3.35. The predicted molar refractivity (Wildman–Crippen MR) is 91.8 cm³/mol. The quantitative estimate of drug-likeness (QED) is 0.718. The Morgan fingerprint density at radius 1 is 1.00 bits per heavy atom. The monoisotopic (exact) mass is 308 g/mol. The van der Waals surface area contributed by atoms with Gasteiger partial charge in [0.25, 0.3) is 5.91 Å². The fourth-order valence-corrected chi connectivity index (χ4v) is 3.09. The molecule has 3 N–H and O–H groups in total. The van der Waals surface area contributed by atoms with E-state index in [1.54, 1.807) is 0 Å². The van der Waals surface area contributed by atoms with Crippen molar-refractivity contribution in [2.24, 2.45) is 0 Å². The van der Waals surface area contributed by atoms with Crippen LogP contribution in [0.15, 0.2) is 66.7 Å². The molecule has 3 rings (SSSR count). The first kappa shape index (κ1) is 14.4. The van der Waals surface area contributed by atoms with E-state index in [0.717, 1.165) is 21.7 Å². The number of nitrogens with one attached hydrogen (secondary N) is 1. The highest BCUT2D eigenvalue weighted by Gasteiger charge is 2.10. The van der Waals surface area contributed by atoms with Crippen LogP contribution >= 0.6 is 11.3 Å². The Bertz CT molecular complexity index is 781. The van der Waals surface area contributed by atoms with Crippen LogP contribution in [0.3, 0.4) is 0 Å². The van der Waals surface area contributed by atoms with Crippen molar-refractivity contribution in [3.05, 3.63) is 77.2 Å². The minimum absolute atomic E-state index is 0.0518. The van der Waals surface area contributed by atoms with Gasteiger partial charge in [-0.15, -0.1) is 11.3 Å². The summed E-state index contributed by atoms with van der Waals surface area (Å²) in [5, 5.41) is 2.94. The molecule has 0 aliphatic heterocycles. The highest BCUT2D eigenvalue weighted by atomic mass is 32.1. The van der Waals surface area contributed by atoms with Crippen LogP contribution in [0, 0.1) is 0 Å². The van der Waals surface area contributed by atoms with E-state index in [4.69, 9.17) is 5.73 Å². The summed E-state index contributed by atoms with van der Waals surface area (Å²) in [5.74, 6) is -0.0518. The molecule has 1 amide bonds. The largest absolute Gasteiger partial charge is 0.399 e. The zero-order valence-corrected chi connectivity index (χ0v) is 12.8. The van der Waals surface area contributed by atoms with Crippen molar-refractivity contribution < 1.29 is 4.79 Å². The SMILES string of the molecule is Nc1cccc(-c2ccc(C(=O)NCc3ccccc3)s2)c1. The van der Waals surface area contributed by atoms with Crippen molar-refractivity contribution >= 4 is 22.9 Å². The Labute approximate surface area is 133 Å². The number of rotatable bonds is 4. The van der Waals surface area contributed by atoms with Gasteiger partial charge in [0.1, 0.15) is 0 Å². The molecule has 0 spiro atoms. The van der Waals surface area contributed by atoms with E-state index in [2.05, 4.69) is 5.32 Å². The summed E-state index contributed by atoms with van der Waals surface area (Å²) in [6, 6.07) is 21.4. The summed E-state index contributed by atoms with van der Waals surface area (Å²) in [7, 11) is 0. The predicted octanol–water partition coefficient (Wildman–Crippen LogP) is 3.93. The fraction of sp³-hybridized carbons (Fsp3) is 0.0556. The number of nitrogens with two attached hydrogens (primary N) is 1. The number of nitrogen functional groups attached to an aromatic ring is 1. The number of hydrogen-bond donors (Lipinski definition) is 2. The maximum absolute atomic E-state index is 12.2. The molecule has 0 saturated carbocycles. The molecule has 4 heteroatoms. The Morgan fingerprint density at radius 2 is 1.82 bits per heavy atom. The summed E-state index contributed by atoms with van der Waals surface area (Å²) >= 11 is 1.47. The molecule has 22 heavy (non-hydrogen) atoms. The van der Waals surface area contributed by atoms with Crippen LogP contribution in [0.5, 0.6) is 0 Å². The van der Waals surface area contributed by atoms with Crippen molar-refractivity contribution in [3.8, 4) is 10.4 Å². The van der Waals surface area contributed by atoms with Gasteiger partial charge in [-0.25, -0.2) is 0 Å². The van der Waals surface area contributed by atoms with Gasteiger partial charge < -0.3 is 11.1 Å². The van der Waals surface area contributed by atoms with Crippen LogP contribution in [-0.4, -0.2) is 5.91 Å². The molecular formula is C18H16N2OS. The molecule has 1 heterocycles. The van der Waals surface area contributed by atoms with Gasteiger partial charge in [-0.05, 0) is 35.4 Å². The average molecular weight is 308 g/mol. The summed E-state index contributed by atoms with van der Waals surface area (Å²) in [6.45, 7) is 0.533. The molecule has 1 aromatic heterocycles. The van der Waals surface area contributed by atoms with E-state index in [9.17, 15) is 4.79 Å². The first-order chi connectivity index (χ1) is 10.7. The first-order valence-electron chi connectivity index (χ1n) is 7.00. The summed E-state index contributed by atoms with van der Waals surface area (Å²) in [4.78, 5) is 13.9. The zero-order chi connectivity index (χ0) is 15.4. The van der Waals surface area contributed by atoms with Crippen molar-refractivity contribution in [1.29, 1.82) is 0 Å². The lowest BCUT2D eigenvalue weighted by Crippen LogP contribution is -2.21. The van der Waals surface area contributed by atoms with Crippen LogP contribution < -0.4 is 11.1 Å².